The van der Waals surface area contributed by atoms with Gasteiger partial charge in [-0.25, -0.2) is 87.2 Å². The Morgan fingerprint density at radius 3 is 0.976 bits per heavy atom. The van der Waals surface area contributed by atoms with Gasteiger partial charge in [0, 0.05) is 26.2 Å². The van der Waals surface area contributed by atoms with Gasteiger partial charge in [0.1, 0.15) is 98.6 Å². The molecule has 0 radical (unpaired) electrons. The van der Waals surface area contributed by atoms with Crippen molar-refractivity contribution in [2.75, 3.05) is 73.9 Å². The molecule has 8 aromatic heterocycles. The van der Waals surface area contributed by atoms with Crippen molar-refractivity contribution >= 4 is 143 Å². The molecule has 680 valence electrons. The second-order valence-electron chi connectivity index (χ2n) is 27.7. The lowest BCUT2D eigenvalue weighted by Gasteiger charge is -2.27. The number of aliphatic hydroxyl groups is 9. The third kappa shape index (κ3) is 25.9. The predicted molar refractivity (Wildman–Crippen MR) is 425 cm³/mol. The maximum atomic E-state index is 12.4. The average Bonchev–Trinajstić information content (AvgIpc) is 1.11. The van der Waals surface area contributed by atoms with Crippen LogP contribution in [0.2, 0.25) is 0 Å². The van der Waals surface area contributed by atoms with Crippen LogP contribution in [0.25, 0.3) is 44.7 Å². The van der Waals surface area contributed by atoms with E-state index in [-0.39, 0.29) is 24.5 Å². The molecule has 0 amide bonds. The van der Waals surface area contributed by atoms with Crippen LogP contribution in [0.3, 0.4) is 0 Å². The number of rotatable bonds is 30. The minimum absolute atomic E-state index is 0.231. The molecule has 13 rings (SSSR count). The molecule has 8 aromatic rings. The van der Waals surface area contributed by atoms with Gasteiger partial charge in [0.15, 0.2) is 92.8 Å². The van der Waals surface area contributed by atoms with Crippen LogP contribution in [0.1, 0.15) is 80.3 Å². The number of phosphoric ester groups is 1. The van der Waals surface area contributed by atoms with Crippen LogP contribution in [0, 0.1) is 0 Å². The van der Waals surface area contributed by atoms with Crippen molar-refractivity contribution in [3.63, 3.8) is 0 Å². The van der Waals surface area contributed by atoms with E-state index in [2.05, 4.69) is 107 Å². The highest BCUT2D eigenvalue weighted by Gasteiger charge is 2.56. The number of hydrogen-bond acceptors (Lipinski definition) is 44. The molecule has 0 aromatic carbocycles. The molecule has 5 aliphatic rings. The van der Waals surface area contributed by atoms with Crippen LogP contribution in [-0.4, -0.2) is 279 Å². The molecule has 63 heteroatoms. The molecule has 5 fully saturated rings. The lowest BCUT2D eigenvalue weighted by molar-refractivity contribution is -0.0511. The minimum Gasteiger partial charge on any atom is -0.394 e. The van der Waals surface area contributed by atoms with E-state index in [0.717, 1.165) is 16.7 Å². The zero-order chi connectivity index (χ0) is 90.2. The lowest BCUT2D eigenvalue weighted by atomic mass is 10.1. The molecule has 0 bridgehead atoms. The molecule has 0 saturated carbocycles. The first-order valence-corrected chi connectivity index (χ1v) is 48.3. The Morgan fingerprint density at radius 1 is 0.415 bits per heavy atom. The SMILES string of the molecule is CC(C)=CCNc1ncnc2c1ncn2[C@@H]1O[C@H](CO)C(O)[C@@H]1O.CC(C)=CCNc1ncnc2c1ncn2[C@@H]1O[C@H](COP(=O)(Cl)Cl)C(O)[C@@H]1O.CC(C)=CCNc1ncnc2c1ncn2[C@@H]1O[C@H](COP(=O)(O)OP(=O)(O)OP(=O)(O)O)C(O)[C@@H]1O.CC(C)=CCNc1ncnc2c1ncn2[C@@H]1O[C@H](COP2(=O)OP(=O)(O)OP(=O)(O)O2)C(O)[C@@H]1O. The fraction of sp³-hybridized carbons (Fsp3) is 0.533. The number of nitrogens with one attached hydrogen (secondary N) is 4. The molecular formula is C60H87Cl2N20O34P7. The zero-order valence-electron chi connectivity index (χ0n) is 65.3. The van der Waals surface area contributed by atoms with Gasteiger partial charge in [-0.2, -0.15) is 21.6 Å². The number of ether oxygens (including phenoxy) is 4. The summed E-state index contributed by atoms with van der Waals surface area (Å²) < 4.78 is 142. The topological polar surface area (TPSA) is 756 Å². The first kappa shape index (κ1) is 98.6. The third-order valence-electron chi connectivity index (χ3n) is 17.4. The van der Waals surface area contributed by atoms with E-state index in [1.54, 1.807) is 0 Å². The van der Waals surface area contributed by atoms with Crippen molar-refractivity contribution in [1.29, 1.82) is 0 Å². The smallest absolute Gasteiger partial charge is 0.394 e. The predicted octanol–water partition coefficient (Wildman–Crippen LogP) is 3.62. The molecule has 0 aliphatic carbocycles. The molecule has 123 heavy (non-hydrogen) atoms. The Hall–Kier alpha value is -6.53. The quantitative estimate of drug-likeness (QED) is 0.0226. The number of halogens is 2. The van der Waals surface area contributed by atoms with E-state index in [1.165, 1.54) is 74.5 Å². The standard InChI is InChI=1S/C15H20Cl2N5O5P.C15H24N5O13P3.C15H22N5O12P3.C15H21N5O4/c1-8(2)3-4-18-13-10-14(20-6-19-13)22(7-21-10)15-12(24)11(23)9(27-15)5-26-28(16,17)25;1-8(2)3-4-16-13-10-14(18-6-17-13)20(7-19-10)15-12(22)11(21)9(31-15)5-30-35(26,27)33-36(28,29)32-34(23,24)25;1-8(2)3-4-16-13-10-14(18-6-17-13)20(7-19-10)15-12(22)11(21)9(29-15)5-28-35(27)31-33(23,24)30-34(25,26)32-35;1-8(2)3-4-16-13-10-14(18-6-17-13)20(7-19-10)15-12(23)11(22)9(5-21)24-15/h3,6-7,9,11-12,15,23-24H,4-5H2,1-2H3,(H,18,19,20);3,6-7,9,11-12,15,21-22H,4-5H2,1-2H3,(H,26,27)(H,28,29)(H,16,17,18)(H2,23,24,25);3,6-7,9,11-12,15,21-22H,4-5H2,1-2H3,(H,23,24)(H,25,26)(H,16,17,18);3,6-7,9,11-12,15,21-23H,4-5H2,1-2H3,(H,16,17,18)/t4*9-,11?,12+,15-/m1111/s1. The van der Waals surface area contributed by atoms with Gasteiger partial charge < -0.3 is 120 Å². The normalized spacial score (nSPS) is 29.2. The van der Waals surface area contributed by atoms with Crippen molar-refractivity contribution in [2.45, 2.75) is 154 Å². The van der Waals surface area contributed by atoms with Gasteiger partial charge in [0.05, 0.1) is 51.7 Å². The molecule has 20 atom stereocenters. The van der Waals surface area contributed by atoms with Crippen LogP contribution in [0.4, 0.5) is 23.3 Å². The maximum Gasteiger partial charge on any atom is 0.492 e. The molecule has 19 N–H and O–H groups in total. The number of phosphoric acid groups is 6. The summed E-state index contributed by atoms with van der Waals surface area (Å²) in [5.74, 6) is 1.92. The molecule has 54 nitrogen and oxygen atoms in total. The third-order valence-corrected chi connectivity index (χ3v) is 27.6. The van der Waals surface area contributed by atoms with Crippen molar-refractivity contribution < 1.29 is 161 Å². The Balaban J connectivity index is 0.000000174. The highest BCUT2D eigenvalue weighted by Crippen LogP contribution is 2.80. The Kier molecular flexibility index (Phi) is 33.1. The number of fused-ring (bicyclic) bond motifs is 4. The second-order valence-corrected chi connectivity index (χ2v) is 41.4. The first-order chi connectivity index (χ1) is 57.6. The number of aromatic nitrogens is 16. The molecule has 5 aliphatic heterocycles. The Morgan fingerprint density at radius 2 is 0.699 bits per heavy atom. The van der Waals surface area contributed by atoms with E-state index in [0.29, 0.717) is 82.8 Å². The van der Waals surface area contributed by atoms with Crippen LogP contribution in [-0.2, 0) is 86.0 Å². The number of hydrogen-bond donors (Lipinski definition) is 19. The van der Waals surface area contributed by atoms with Crippen molar-refractivity contribution in [3.8, 4) is 0 Å². The van der Waals surface area contributed by atoms with Crippen LogP contribution in [0.5, 0.6) is 0 Å². The summed E-state index contributed by atoms with van der Waals surface area (Å²) in [6.07, 6.45) is -5.51. The van der Waals surface area contributed by atoms with Crippen molar-refractivity contribution in [3.05, 3.63) is 97.2 Å². The molecule has 8 unspecified atom stereocenters. The summed E-state index contributed by atoms with van der Waals surface area (Å²) in [6, 6.07) is 0. The molecule has 13 heterocycles. The monoisotopic (exact) mass is 1920 g/mol. The second kappa shape index (κ2) is 41.3. The summed E-state index contributed by atoms with van der Waals surface area (Å²) in [6.45, 7) is 15.3. The van der Waals surface area contributed by atoms with Crippen LogP contribution < -0.4 is 21.3 Å². The van der Waals surface area contributed by atoms with Crippen LogP contribution >= 0.6 is 75.5 Å². The van der Waals surface area contributed by atoms with E-state index in [4.69, 9.17) is 60.3 Å². The number of imidazole rings is 4. The highest BCUT2D eigenvalue weighted by atomic mass is 35.9. The number of anilines is 4. The number of aliphatic hydroxyl groups excluding tert-OH is 9. The van der Waals surface area contributed by atoms with Gasteiger partial charge in [-0.15, -0.1) is 0 Å². The molecular weight excluding hydrogens is 1830 g/mol. The molecule has 0 spiro atoms. The van der Waals surface area contributed by atoms with Crippen LogP contribution in [0.15, 0.2) is 97.2 Å². The summed E-state index contributed by atoms with van der Waals surface area (Å²) in [5.41, 5.74) is 7.63. The van der Waals surface area contributed by atoms with E-state index in [1.807, 2.05) is 79.7 Å². The van der Waals surface area contributed by atoms with Crippen molar-refractivity contribution in [2.24, 2.45) is 0 Å². The first-order valence-electron chi connectivity index (χ1n) is 35.9. The van der Waals surface area contributed by atoms with Gasteiger partial charge in [0.25, 0.3) is 0 Å². The van der Waals surface area contributed by atoms with E-state index in [9.17, 15) is 97.5 Å². The largest absolute Gasteiger partial charge is 0.492 e. The summed E-state index contributed by atoms with van der Waals surface area (Å²) in [4.78, 5) is 105. The zero-order valence-corrected chi connectivity index (χ0v) is 73.1. The Bertz CT molecular complexity index is 5490. The highest BCUT2D eigenvalue weighted by molar-refractivity contribution is 8.05. The molecule has 5 saturated heterocycles. The Labute approximate surface area is 704 Å². The van der Waals surface area contributed by atoms with E-state index < -0.39 is 164 Å². The lowest BCUT2D eigenvalue weighted by Crippen LogP contribution is -2.33. The summed E-state index contributed by atoms with van der Waals surface area (Å²) in [7, 11) is -32.3. The summed E-state index contributed by atoms with van der Waals surface area (Å²) in [5, 5.41) is 104. The van der Waals surface area contributed by atoms with Gasteiger partial charge >= 0.3 is 53.0 Å². The average molecular weight is 1920 g/mol. The van der Waals surface area contributed by atoms with Gasteiger partial charge in [-0.3, -0.25) is 31.9 Å². The van der Waals surface area contributed by atoms with Crippen molar-refractivity contribution in [1.82, 2.24) is 78.1 Å². The van der Waals surface area contributed by atoms with Gasteiger partial charge in [0.2, 0.25) is 0 Å². The summed E-state index contributed by atoms with van der Waals surface area (Å²) >= 11 is 10.7. The maximum absolute atomic E-state index is 12.4. The minimum atomic E-state index is -5.71. The van der Waals surface area contributed by atoms with Gasteiger partial charge in [-0.1, -0.05) is 46.6 Å². The fourth-order valence-corrected chi connectivity index (χ4v) is 20.4. The number of nitrogens with zero attached hydrogens (tertiary/aromatic N) is 16. The fourth-order valence-electron chi connectivity index (χ4n) is 11.7. The number of allylic oxidation sites excluding steroid dienone is 4. The van der Waals surface area contributed by atoms with Gasteiger partial charge in [-0.05, 0) is 77.9 Å². The van der Waals surface area contributed by atoms with E-state index >= 15 is 0 Å².